The predicted octanol–water partition coefficient (Wildman–Crippen LogP) is 10.1. The fourth-order valence-electron chi connectivity index (χ4n) is 4.73. The Morgan fingerprint density at radius 2 is 1.50 bits per heavy atom. The maximum absolute atomic E-state index is 5.19. The predicted molar refractivity (Wildman–Crippen MR) is 171 cm³/mol. The number of allylic oxidation sites excluding steroid dienone is 2. The van der Waals surface area contributed by atoms with E-state index in [0.717, 1.165) is 58.3 Å². The molecule has 0 radical (unpaired) electrons. The molecule has 1 N–H and O–H groups in total. The van der Waals surface area contributed by atoms with Gasteiger partial charge in [-0.2, -0.15) is 0 Å². The second-order valence-electron chi connectivity index (χ2n) is 9.78. The minimum absolute atomic E-state index is 0.647. The summed E-state index contributed by atoms with van der Waals surface area (Å²) in [7, 11) is 0. The third kappa shape index (κ3) is 8.85. The van der Waals surface area contributed by atoms with Gasteiger partial charge in [-0.25, -0.2) is 9.98 Å². The zero-order chi connectivity index (χ0) is 28.9. The van der Waals surface area contributed by atoms with Crippen LogP contribution in [-0.4, -0.2) is 28.8 Å². The SMILES string of the molecule is C=C(C)c1cccnc1NCc1cc(C)cc(C(=C)C)c1N=C(C)N1CCC2(CC1)CC2.CC.CC.CC. The minimum Gasteiger partial charge on any atom is -0.365 e. The highest BCUT2D eigenvalue weighted by Gasteiger charge is 2.44. The lowest BCUT2D eigenvalue weighted by atomic mass is 9.94. The summed E-state index contributed by atoms with van der Waals surface area (Å²) < 4.78 is 0. The van der Waals surface area contributed by atoms with Gasteiger partial charge >= 0.3 is 0 Å². The van der Waals surface area contributed by atoms with Crippen molar-refractivity contribution in [1.29, 1.82) is 0 Å². The van der Waals surface area contributed by atoms with Gasteiger partial charge in [-0.05, 0) is 93.7 Å². The molecule has 4 heteroatoms. The second kappa shape index (κ2) is 16.2. The molecule has 38 heavy (non-hydrogen) atoms. The Labute approximate surface area is 234 Å². The summed E-state index contributed by atoms with van der Waals surface area (Å²) in [6, 6.07) is 8.43. The monoisotopic (exact) mass is 518 g/mol. The number of pyridine rings is 1. The van der Waals surface area contributed by atoms with E-state index in [1.807, 2.05) is 60.7 Å². The Kier molecular flexibility index (Phi) is 14.1. The highest BCUT2D eigenvalue weighted by Crippen LogP contribution is 2.53. The van der Waals surface area contributed by atoms with Crippen LogP contribution in [0.25, 0.3) is 11.1 Å². The zero-order valence-electron chi connectivity index (χ0n) is 26.1. The van der Waals surface area contributed by atoms with Crippen molar-refractivity contribution >= 4 is 28.5 Å². The molecule has 0 amide bonds. The maximum Gasteiger partial charge on any atom is 0.133 e. The van der Waals surface area contributed by atoms with E-state index in [9.17, 15) is 0 Å². The van der Waals surface area contributed by atoms with E-state index in [1.165, 1.54) is 31.2 Å². The third-order valence-electron chi connectivity index (χ3n) is 7.02. The van der Waals surface area contributed by atoms with Crippen LogP contribution in [0.2, 0.25) is 0 Å². The van der Waals surface area contributed by atoms with Crippen LogP contribution in [-0.2, 0) is 6.54 Å². The van der Waals surface area contributed by atoms with Gasteiger partial charge < -0.3 is 10.2 Å². The Morgan fingerprint density at radius 1 is 0.921 bits per heavy atom. The molecule has 2 aromatic rings. The fourth-order valence-corrected chi connectivity index (χ4v) is 4.73. The van der Waals surface area contributed by atoms with E-state index in [2.05, 4.69) is 67.3 Å². The number of hydrogen-bond acceptors (Lipinski definition) is 3. The number of nitrogens with zero attached hydrogens (tertiary/aromatic N) is 3. The molecular weight excluding hydrogens is 464 g/mol. The van der Waals surface area contributed by atoms with Gasteiger partial charge in [0.2, 0.25) is 0 Å². The Bertz CT molecular complexity index is 1070. The zero-order valence-corrected chi connectivity index (χ0v) is 26.1. The number of aromatic nitrogens is 1. The lowest BCUT2D eigenvalue weighted by molar-refractivity contribution is 0.249. The third-order valence-corrected chi connectivity index (χ3v) is 7.02. The summed E-state index contributed by atoms with van der Waals surface area (Å²) in [6.45, 7) is 31.6. The molecule has 1 aliphatic carbocycles. The standard InChI is InChI=1S/C28H36N4.3C2H6/c1-19(2)24-8-7-13-29-27(24)30-18-23-16-21(5)17-25(20(3)4)26(23)31-22(6)32-14-11-28(9-10-28)12-15-32;3*1-2/h7-8,13,16-17H,1,3,9-12,14-15,18H2,2,4-6H3,(H,29,30);3*1-2H3. The van der Waals surface area contributed by atoms with Crippen molar-refractivity contribution in [3.8, 4) is 0 Å². The van der Waals surface area contributed by atoms with Crippen LogP contribution in [0.5, 0.6) is 0 Å². The molecule has 4 nitrogen and oxygen atoms in total. The van der Waals surface area contributed by atoms with E-state index in [4.69, 9.17) is 4.99 Å². The number of piperidine rings is 1. The van der Waals surface area contributed by atoms with E-state index in [-0.39, 0.29) is 0 Å². The van der Waals surface area contributed by atoms with Crippen LogP contribution in [0.15, 0.2) is 48.6 Å². The van der Waals surface area contributed by atoms with Crippen molar-refractivity contribution < 1.29 is 0 Å². The molecule has 0 atom stereocenters. The lowest BCUT2D eigenvalue weighted by Gasteiger charge is -2.33. The highest BCUT2D eigenvalue weighted by atomic mass is 15.2. The summed E-state index contributed by atoms with van der Waals surface area (Å²) >= 11 is 0. The van der Waals surface area contributed by atoms with Gasteiger partial charge in [-0.1, -0.05) is 66.3 Å². The van der Waals surface area contributed by atoms with Crippen LogP contribution in [0.3, 0.4) is 0 Å². The summed E-state index contributed by atoms with van der Waals surface area (Å²) in [4.78, 5) is 12.2. The van der Waals surface area contributed by atoms with Crippen LogP contribution in [0.4, 0.5) is 11.5 Å². The van der Waals surface area contributed by atoms with Crippen LogP contribution < -0.4 is 5.32 Å². The Balaban J connectivity index is 0.00000112. The molecule has 2 fully saturated rings. The molecule has 2 aliphatic rings. The van der Waals surface area contributed by atoms with E-state index in [1.54, 1.807) is 0 Å². The van der Waals surface area contributed by atoms with E-state index >= 15 is 0 Å². The molecule has 1 spiro atoms. The summed E-state index contributed by atoms with van der Waals surface area (Å²) in [5.41, 5.74) is 8.27. The van der Waals surface area contributed by atoms with Gasteiger partial charge in [0.15, 0.2) is 0 Å². The molecule has 1 saturated heterocycles. The number of aliphatic imine (C=N–C) groups is 1. The molecule has 4 rings (SSSR count). The topological polar surface area (TPSA) is 40.5 Å². The average Bonchev–Trinajstić information content (AvgIpc) is 3.70. The second-order valence-corrected chi connectivity index (χ2v) is 9.78. The Hall–Kier alpha value is -2.88. The number of benzene rings is 1. The molecule has 1 aromatic heterocycles. The van der Waals surface area contributed by atoms with Gasteiger partial charge in [-0.15, -0.1) is 0 Å². The first-order valence-corrected chi connectivity index (χ1v) is 14.7. The van der Waals surface area contributed by atoms with Gasteiger partial charge in [0.05, 0.1) is 5.69 Å². The van der Waals surface area contributed by atoms with E-state index in [0.29, 0.717) is 12.0 Å². The van der Waals surface area contributed by atoms with Crippen molar-refractivity contribution in [2.24, 2.45) is 10.4 Å². The number of aryl methyl sites for hydroxylation is 1. The number of amidine groups is 1. The summed E-state index contributed by atoms with van der Waals surface area (Å²) in [5.74, 6) is 1.96. The molecular formula is C34H54N4. The Morgan fingerprint density at radius 3 is 2.03 bits per heavy atom. The molecule has 1 aromatic carbocycles. The molecule has 0 unspecified atom stereocenters. The van der Waals surface area contributed by atoms with Gasteiger partial charge in [0, 0.05) is 37.0 Å². The smallest absolute Gasteiger partial charge is 0.133 e. The lowest BCUT2D eigenvalue weighted by Crippen LogP contribution is -2.37. The minimum atomic E-state index is 0.647. The van der Waals surface area contributed by atoms with Crippen molar-refractivity contribution in [2.75, 3.05) is 18.4 Å². The van der Waals surface area contributed by atoms with Crippen molar-refractivity contribution in [3.05, 3.63) is 65.9 Å². The van der Waals surface area contributed by atoms with Crippen LogP contribution >= 0.6 is 0 Å². The van der Waals surface area contributed by atoms with Crippen molar-refractivity contribution in [1.82, 2.24) is 9.88 Å². The molecule has 2 heterocycles. The average molecular weight is 519 g/mol. The molecule has 0 bridgehead atoms. The first-order chi connectivity index (χ1) is 18.3. The van der Waals surface area contributed by atoms with Gasteiger partial charge in [0.25, 0.3) is 0 Å². The molecule has 1 aliphatic heterocycles. The van der Waals surface area contributed by atoms with Gasteiger partial charge in [-0.3, -0.25) is 0 Å². The first kappa shape index (κ1) is 33.1. The summed E-state index contributed by atoms with van der Waals surface area (Å²) in [6.07, 6.45) is 7.27. The highest BCUT2D eigenvalue weighted by molar-refractivity contribution is 5.86. The number of nitrogens with one attached hydrogen (secondary N) is 1. The maximum atomic E-state index is 5.19. The van der Waals surface area contributed by atoms with Gasteiger partial charge in [0.1, 0.15) is 11.7 Å². The summed E-state index contributed by atoms with van der Waals surface area (Å²) in [5, 5.41) is 3.53. The number of likely N-dealkylation sites (tertiary alicyclic amines) is 1. The number of hydrogen-bond donors (Lipinski definition) is 1. The van der Waals surface area contributed by atoms with Crippen molar-refractivity contribution in [2.45, 2.75) is 101 Å². The first-order valence-electron chi connectivity index (χ1n) is 14.7. The number of rotatable bonds is 6. The van der Waals surface area contributed by atoms with E-state index < -0.39 is 0 Å². The normalized spacial score (nSPS) is 15.1. The molecule has 1 saturated carbocycles. The van der Waals surface area contributed by atoms with Crippen LogP contribution in [0.1, 0.15) is 110 Å². The van der Waals surface area contributed by atoms with Crippen molar-refractivity contribution in [3.63, 3.8) is 0 Å². The molecule has 210 valence electrons. The number of anilines is 1. The van der Waals surface area contributed by atoms with Crippen LogP contribution in [0, 0.1) is 12.3 Å². The quantitative estimate of drug-likeness (QED) is 0.305. The fraction of sp³-hybridized carbons (Fsp3) is 0.529. The largest absolute Gasteiger partial charge is 0.365 e.